The van der Waals surface area contributed by atoms with Crippen LogP contribution in [0.5, 0.6) is 0 Å². The highest BCUT2D eigenvalue weighted by Crippen LogP contribution is 2.44. The molecule has 1 aliphatic carbocycles. The summed E-state index contributed by atoms with van der Waals surface area (Å²) in [5, 5.41) is 5.90. The number of ether oxygens (including phenoxy) is 2. The molecule has 2 aromatic rings. The maximum absolute atomic E-state index is 15.2. The third kappa shape index (κ3) is 5.98. The van der Waals surface area contributed by atoms with Crippen molar-refractivity contribution in [3.05, 3.63) is 107 Å². The molecular weight excluding hydrogens is 540 g/mol. The van der Waals surface area contributed by atoms with Gasteiger partial charge in [0.2, 0.25) is 0 Å². The second kappa shape index (κ2) is 11.0. The molecule has 12 heteroatoms. The quantitative estimate of drug-likeness (QED) is 0.392. The minimum Gasteiger partial charge on any atom is -0.478 e. The molecule has 2 aliphatic heterocycles. The van der Waals surface area contributed by atoms with E-state index in [9.17, 15) is 8.42 Å². The molecule has 0 bridgehead atoms. The van der Waals surface area contributed by atoms with Crippen LogP contribution in [0, 0.1) is 0 Å². The lowest BCUT2D eigenvalue weighted by Gasteiger charge is -2.39. The summed E-state index contributed by atoms with van der Waals surface area (Å²) in [4.78, 5) is 8.89. The Bertz CT molecular complexity index is 1520. The highest BCUT2D eigenvalue weighted by molar-refractivity contribution is 7.90. The van der Waals surface area contributed by atoms with Gasteiger partial charge in [-0.3, -0.25) is 10.7 Å². The standard InChI is InChI=1S/C28H29F2N5O4S/c1-40(36,37)13-12-32-15-20-9-10-25(39-20)23-14-22-24(16-33-23)34-18-35-28(22,31)21-8-5-11-27(29,30)26(21)38-17-19-6-3-2-4-7-19/h2-11,14-16,18,25-26,32H,12-13,17,31H2,1H3,(H,34,35). The van der Waals surface area contributed by atoms with Crippen LogP contribution in [0.15, 0.2) is 95.5 Å². The smallest absolute Gasteiger partial charge is 0.296 e. The predicted octanol–water partition coefficient (Wildman–Crippen LogP) is 3.47. The number of benzene rings is 1. The molecule has 9 nitrogen and oxygen atoms in total. The van der Waals surface area contributed by atoms with E-state index >= 15 is 8.78 Å². The molecule has 1 aromatic carbocycles. The summed E-state index contributed by atoms with van der Waals surface area (Å²) < 4.78 is 64.8. The number of anilines is 1. The summed E-state index contributed by atoms with van der Waals surface area (Å²) >= 11 is 0. The van der Waals surface area contributed by atoms with E-state index in [-0.39, 0.29) is 24.5 Å². The summed E-state index contributed by atoms with van der Waals surface area (Å²) in [6.07, 6.45) is 10.5. The average Bonchev–Trinajstić information content (AvgIpc) is 3.39. The van der Waals surface area contributed by atoms with E-state index in [4.69, 9.17) is 15.2 Å². The van der Waals surface area contributed by atoms with Crippen LogP contribution in [0.3, 0.4) is 0 Å². The summed E-state index contributed by atoms with van der Waals surface area (Å²) in [6, 6.07) is 10.7. The molecule has 3 unspecified atom stereocenters. The average molecular weight is 570 g/mol. The van der Waals surface area contributed by atoms with Crippen LogP contribution in [0.4, 0.5) is 14.5 Å². The number of nitrogens with zero attached hydrogens (tertiary/aromatic N) is 2. The zero-order valence-electron chi connectivity index (χ0n) is 21.6. The molecule has 5 rings (SSSR count). The Morgan fingerprint density at radius 3 is 2.85 bits per heavy atom. The van der Waals surface area contributed by atoms with Crippen molar-refractivity contribution in [3.63, 3.8) is 0 Å². The molecule has 0 saturated carbocycles. The van der Waals surface area contributed by atoms with Crippen molar-refractivity contribution in [1.29, 1.82) is 0 Å². The Hall–Kier alpha value is -3.87. The zero-order chi connectivity index (χ0) is 28.4. The van der Waals surface area contributed by atoms with Gasteiger partial charge in [-0.05, 0) is 29.9 Å². The number of aromatic nitrogens is 1. The Kier molecular flexibility index (Phi) is 7.58. The van der Waals surface area contributed by atoms with Gasteiger partial charge in [0, 0.05) is 30.1 Å². The summed E-state index contributed by atoms with van der Waals surface area (Å²) in [5.74, 6) is -2.84. The topological polar surface area (TPSA) is 128 Å². The second-order valence-electron chi connectivity index (χ2n) is 9.68. The SMILES string of the molecule is CS(=O)(=O)CCNC=C1C=CC(c2cc3c(cn2)NC=NC3(N)C2=CC=CC(F)(F)C2OCc2ccccc2)O1. The van der Waals surface area contributed by atoms with Gasteiger partial charge < -0.3 is 20.1 Å². The summed E-state index contributed by atoms with van der Waals surface area (Å²) in [5.41, 5.74) is 7.45. The lowest BCUT2D eigenvalue weighted by molar-refractivity contribution is -0.0996. The van der Waals surface area contributed by atoms with Crippen LogP contribution in [0.1, 0.15) is 22.9 Å². The number of hydrogen-bond acceptors (Lipinski definition) is 9. The Morgan fingerprint density at radius 1 is 1.27 bits per heavy atom. The van der Waals surface area contributed by atoms with Crippen molar-refractivity contribution in [3.8, 4) is 0 Å². The normalized spacial score (nSPS) is 25.7. The first kappa shape index (κ1) is 27.7. The number of fused-ring (bicyclic) bond motifs is 1. The Balaban J connectivity index is 1.39. The van der Waals surface area contributed by atoms with Crippen LogP contribution >= 0.6 is 0 Å². The van der Waals surface area contributed by atoms with Crippen molar-refractivity contribution >= 4 is 21.9 Å². The van der Waals surface area contributed by atoms with Gasteiger partial charge >= 0.3 is 0 Å². The molecular formula is C28H29F2N5O4S. The highest BCUT2D eigenvalue weighted by Gasteiger charge is 2.50. The number of pyridine rings is 1. The van der Waals surface area contributed by atoms with E-state index in [1.54, 1.807) is 42.7 Å². The molecule has 210 valence electrons. The number of sulfone groups is 1. The van der Waals surface area contributed by atoms with E-state index in [1.807, 2.05) is 18.2 Å². The van der Waals surface area contributed by atoms with E-state index in [1.165, 1.54) is 24.7 Å². The van der Waals surface area contributed by atoms with Gasteiger partial charge in [0.05, 0.1) is 36.3 Å². The van der Waals surface area contributed by atoms with Crippen molar-refractivity contribution < 1.29 is 26.7 Å². The molecule has 0 saturated heterocycles. The third-order valence-corrected chi connectivity index (χ3v) is 7.55. The highest BCUT2D eigenvalue weighted by atomic mass is 32.2. The lowest BCUT2D eigenvalue weighted by Crippen LogP contribution is -2.50. The minimum atomic E-state index is -3.32. The Labute approximate surface area is 231 Å². The predicted molar refractivity (Wildman–Crippen MR) is 148 cm³/mol. The largest absolute Gasteiger partial charge is 0.478 e. The van der Waals surface area contributed by atoms with Gasteiger partial charge in [0.15, 0.2) is 17.9 Å². The maximum Gasteiger partial charge on any atom is 0.296 e. The van der Waals surface area contributed by atoms with Crippen LogP contribution < -0.4 is 16.4 Å². The first-order chi connectivity index (χ1) is 19.1. The van der Waals surface area contributed by atoms with Crippen LogP contribution in [-0.4, -0.2) is 50.3 Å². The van der Waals surface area contributed by atoms with Crippen molar-refractivity contribution in [2.45, 2.75) is 30.4 Å². The molecule has 4 N–H and O–H groups in total. The number of allylic oxidation sites excluding steroid dienone is 3. The molecule has 3 atom stereocenters. The van der Waals surface area contributed by atoms with Gasteiger partial charge in [-0.15, -0.1) is 0 Å². The summed E-state index contributed by atoms with van der Waals surface area (Å²) in [6.45, 7) is 0.204. The minimum absolute atomic E-state index is 0.0114. The number of rotatable bonds is 9. The molecule has 0 fully saturated rings. The van der Waals surface area contributed by atoms with E-state index < -0.39 is 33.6 Å². The Morgan fingerprint density at radius 2 is 2.08 bits per heavy atom. The molecule has 1 aromatic heterocycles. The van der Waals surface area contributed by atoms with Crippen molar-refractivity contribution in [2.75, 3.05) is 23.9 Å². The number of hydrogen-bond donors (Lipinski definition) is 3. The molecule has 0 amide bonds. The van der Waals surface area contributed by atoms with E-state index in [0.29, 0.717) is 22.7 Å². The third-order valence-electron chi connectivity index (χ3n) is 6.60. The van der Waals surface area contributed by atoms with E-state index in [0.717, 1.165) is 11.6 Å². The molecule has 3 aliphatic rings. The number of halogens is 2. The fraction of sp³-hybridized carbons (Fsp3) is 0.286. The number of nitrogens with two attached hydrogens (primary N) is 1. The van der Waals surface area contributed by atoms with Gasteiger partial charge in [-0.1, -0.05) is 42.5 Å². The molecule has 0 radical (unpaired) electrons. The first-order valence-corrected chi connectivity index (χ1v) is 14.6. The number of alkyl halides is 2. The van der Waals surface area contributed by atoms with Crippen LogP contribution in [0.2, 0.25) is 0 Å². The van der Waals surface area contributed by atoms with Crippen molar-refractivity contribution in [1.82, 2.24) is 10.3 Å². The molecule has 3 heterocycles. The van der Waals surface area contributed by atoms with Crippen LogP contribution in [0.25, 0.3) is 0 Å². The van der Waals surface area contributed by atoms with Gasteiger partial charge in [0.25, 0.3) is 5.92 Å². The van der Waals surface area contributed by atoms with Gasteiger partial charge in [-0.2, -0.15) is 8.78 Å². The lowest BCUT2D eigenvalue weighted by atomic mass is 9.82. The fourth-order valence-electron chi connectivity index (χ4n) is 4.57. The molecule has 40 heavy (non-hydrogen) atoms. The monoisotopic (exact) mass is 569 g/mol. The zero-order valence-corrected chi connectivity index (χ0v) is 22.4. The number of nitrogens with one attached hydrogen (secondary N) is 2. The fourth-order valence-corrected chi connectivity index (χ4v) is 5.06. The van der Waals surface area contributed by atoms with Crippen LogP contribution in [-0.2, 0) is 31.6 Å². The number of aliphatic imine (C=N–C) groups is 1. The summed E-state index contributed by atoms with van der Waals surface area (Å²) in [7, 11) is -3.09. The van der Waals surface area contributed by atoms with Crippen molar-refractivity contribution in [2.24, 2.45) is 10.7 Å². The maximum atomic E-state index is 15.2. The van der Waals surface area contributed by atoms with Gasteiger partial charge in [0.1, 0.15) is 15.6 Å². The second-order valence-corrected chi connectivity index (χ2v) is 11.9. The van der Waals surface area contributed by atoms with Gasteiger partial charge in [-0.25, -0.2) is 13.4 Å². The van der Waals surface area contributed by atoms with E-state index in [2.05, 4.69) is 20.6 Å². The first-order valence-electron chi connectivity index (χ1n) is 12.5. The molecule has 0 spiro atoms.